The Balaban J connectivity index is 2.00. The molecular weight excluding hydrogens is 268 g/mol. The SMILES string of the molecule is CCOc1ccc(C(=O)N2CCCN(C(C)=O)CC2)cc1. The highest BCUT2D eigenvalue weighted by Gasteiger charge is 2.21. The van der Waals surface area contributed by atoms with Gasteiger partial charge in [-0.2, -0.15) is 0 Å². The van der Waals surface area contributed by atoms with Gasteiger partial charge in [0.1, 0.15) is 5.75 Å². The maximum atomic E-state index is 12.5. The second-order valence-corrected chi connectivity index (χ2v) is 5.11. The molecule has 1 aliphatic rings. The lowest BCUT2D eigenvalue weighted by molar-refractivity contribution is -0.128. The zero-order valence-corrected chi connectivity index (χ0v) is 12.7. The standard InChI is InChI=1S/C16H22N2O3/c1-3-21-15-7-5-14(6-8-15)16(20)18-10-4-9-17(11-12-18)13(2)19/h5-8H,3-4,9-12H2,1-2H3. The summed E-state index contributed by atoms with van der Waals surface area (Å²) in [5.74, 6) is 0.862. The van der Waals surface area contributed by atoms with Crippen molar-refractivity contribution in [2.24, 2.45) is 0 Å². The van der Waals surface area contributed by atoms with E-state index in [4.69, 9.17) is 4.74 Å². The van der Waals surface area contributed by atoms with E-state index in [1.165, 1.54) is 0 Å². The van der Waals surface area contributed by atoms with Gasteiger partial charge in [0.25, 0.3) is 5.91 Å². The van der Waals surface area contributed by atoms with E-state index in [1.54, 1.807) is 24.0 Å². The summed E-state index contributed by atoms with van der Waals surface area (Å²) < 4.78 is 5.38. The summed E-state index contributed by atoms with van der Waals surface area (Å²) in [5.41, 5.74) is 0.662. The molecule has 0 atom stereocenters. The van der Waals surface area contributed by atoms with E-state index in [1.807, 2.05) is 24.0 Å². The predicted molar refractivity (Wildman–Crippen MR) is 80.4 cm³/mol. The van der Waals surface area contributed by atoms with Gasteiger partial charge < -0.3 is 14.5 Å². The van der Waals surface area contributed by atoms with E-state index >= 15 is 0 Å². The number of ether oxygens (including phenoxy) is 1. The molecule has 21 heavy (non-hydrogen) atoms. The average Bonchev–Trinajstić information content (AvgIpc) is 2.73. The lowest BCUT2D eigenvalue weighted by Gasteiger charge is -2.21. The van der Waals surface area contributed by atoms with Crippen molar-refractivity contribution in [1.29, 1.82) is 0 Å². The molecule has 1 heterocycles. The second kappa shape index (κ2) is 7.11. The molecule has 0 aliphatic carbocycles. The molecule has 0 saturated carbocycles. The highest BCUT2D eigenvalue weighted by molar-refractivity contribution is 5.94. The third-order valence-corrected chi connectivity index (χ3v) is 3.64. The van der Waals surface area contributed by atoms with E-state index in [0.29, 0.717) is 31.8 Å². The number of hydrogen-bond acceptors (Lipinski definition) is 3. The van der Waals surface area contributed by atoms with Gasteiger partial charge in [0, 0.05) is 38.7 Å². The van der Waals surface area contributed by atoms with Crippen molar-refractivity contribution >= 4 is 11.8 Å². The van der Waals surface area contributed by atoms with Gasteiger partial charge in [-0.05, 0) is 37.6 Å². The Kier molecular flexibility index (Phi) is 5.20. The minimum absolute atomic E-state index is 0.0171. The molecule has 0 aromatic heterocycles. The first-order valence-corrected chi connectivity index (χ1v) is 7.39. The van der Waals surface area contributed by atoms with E-state index in [0.717, 1.165) is 18.7 Å². The van der Waals surface area contributed by atoms with Crippen LogP contribution in [0.3, 0.4) is 0 Å². The largest absolute Gasteiger partial charge is 0.494 e. The highest BCUT2D eigenvalue weighted by atomic mass is 16.5. The number of benzene rings is 1. The van der Waals surface area contributed by atoms with Gasteiger partial charge in [-0.15, -0.1) is 0 Å². The van der Waals surface area contributed by atoms with Gasteiger partial charge in [-0.3, -0.25) is 9.59 Å². The number of rotatable bonds is 3. The summed E-state index contributed by atoms with van der Waals surface area (Å²) in [6, 6.07) is 7.22. The number of amides is 2. The number of nitrogens with zero attached hydrogens (tertiary/aromatic N) is 2. The normalized spacial score (nSPS) is 15.5. The van der Waals surface area contributed by atoms with Crippen molar-refractivity contribution in [3.63, 3.8) is 0 Å². The van der Waals surface area contributed by atoms with Crippen molar-refractivity contribution < 1.29 is 14.3 Å². The Hall–Kier alpha value is -2.04. The van der Waals surface area contributed by atoms with Gasteiger partial charge in [0.15, 0.2) is 0 Å². The van der Waals surface area contributed by atoms with Gasteiger partial charge in [0.05, 0.1) is 6.61 Å². The predicted octanol–water partition coefficient (Wildman–Crippen LogP) is 1.78. The fourth-order valence-electron chi connectivity index (χ4n) is 2.48. The summed E-state index contributed by atoms with van der Waals surface area (Å²) >= 11 is 0. The fraction of sp³-hybridized carbons (Fsp3) is 0.500. The van der Waals surface area contributed by atoms with Crippen LogP contribution in [0.25, 0.3) is 0 Å². The Labute approximate surface area is 125 Å². The van der Waals surface area contributed by atoms with Crippen LogP contribution in [0.1, 0.15) is 30.6 Å². The van der Waals surface area contributed by atoms with Gasteiger partial charge in [-0.25, -0.2) is 0 Å². The third kappa shape index (κ3) is 3.97. The summed E-state index contributed by atoms with van der Waals surface area (Å²) in [5, 5.41) is 0. The average molecular weight is 290 g/mol. The highest BCUT2D eigenvalue weighted by Crippen LogP contribution is 2.15. The Morgan fingerprint density at radius 3 is 2.29 bits per heavy atom. The molecule has 1 aliphatic heterocycles. The fourth-order valence-corrected chi connectivity index (χ4v) is 2.48. The van der Waals surface area contributed by atoms with Crippen LogP contribution >= 0.6 is 0 Å². The Morgan fingerprint density at radius 2 is 1.67 bits per heavy atom. The minimum atomic E-state index is 0.0171. The first-order chi connectivity index (χ1) is 10.1. The van der Waals surface area contributed by atoms with Gasteiger partial charge in [-0.1, -0.05) is 0 Å². The maximum Gasteiger partial charge on any atom is 0.253 e. The van der Waals surface area contributed by atoms with Crippen LogP contribution in [-0.4, -0.2) is 54.4 Å². The molecule has 114 valence electrons. The van der Waals surface area contributed by atoms with Crippen molar-refractivity contribution in [2.45, 2.75) is 20.3 Å². The van der Waals surface area contributed by atoms with Crippen LogP contribution in [0, 0.1) is 0 Å². The topological polar surface area (TPSA) is 49.9 Å². The van der Waals surface area contributed by atoms with Gasteiger partial charge in [0.2, 0.25) is 5.91 Å². The molecule has 5 nitrogen and oxygen atoms in total. The van der Waals surface area contributed by atoms with E-state index in [2.05, 4.69) is 0 Å². The quantitative estimate of drug-likeness (QED) is 0.852. The minimum Gasteiger partial charge on any atom is -0.494 e. The van der Waals surface area contributed by atoms with E-state index < -0.39 is 0 Å². The number of carbonyl (C=O) groups is 2. The molecular formula is C16H22N2O3. The van der Waals surface area contributed by atoms with E-state index in [9.17, 15) is 9.59 Å². The van der Waals surface area contributed by atoms with Crippen molar-refractivity contribution in [3.8, 4) is 5.75 Å². The smallest absolute Gasteiger partial charge is 0.253 e. The van der Waals surface area contributed by atoms with Gasteiger partial charge >= 0.3 is 0 Å². The summed E-state index contributed by atoms with van der Waals surface area (Å²) in [6.07, 6.45) is 0.822. The van der Waals surface area contributed by atoms with Crippen LogP contribution in [0.15, 0.2) is 24.3 Å². The molecule has 0 radical (unpaired) electrons. The monoisotopic (exact) mass is 290 g/mol. The Morgan fingerprint density at radius 1 is 1.05 bits per heavy atom. The molecule has 1 aromatic rings. The molecule has 1 aromatic carbocycles. The molecule has 2 rings (SSSR count). The third-order valence-electron chi connectivity index (χ3n) is 3.64. The number of carbonyl (C=O) groups excluding carboxylic acids is 2. The second-order valence-electron chi connectivity index (χ2n) is 5.11. The van der Waals surface area contributed by atoms with Crippen LogP contribution in [-0.2, 0) is 4.79 Å². The van der Waals surface area contributed by atoms with Crippen molar-refractivity contribution in [2.75, 3.05) is 32.8 Å². The van der Waals surface area contributed by atoms with Crippen LogP contribution in [0.4, 0.5) is 0 Å². The molecule has 0 spiro atoms. The summed E-state index contributed by atoms with van der Waals surface area (Å²) in [4.78, 5) is 27.5. The lowest BCUT2D eigenvalue weighted by Crippen LogP contribution is -2.36. The van der Waals surface area contributed by atoms with Crippen LogP contribution < -0.4 is 4.74 Å². The molecule has 0 N–H and O–H groups in total. The summed E-state index contributed by atoms with van der Waals surface area (Å²) in [6.45, 7) is 6.73. The molecule has 1 saturated heterocycles. The molecule has 0 unspecified atom stereocenters. The zero-order chi connectivity index (χ0) is 15.2. The molecule has 1 fully saturated rings. The number of hydrogen-bond donors (Lipinski definition) is 0. The van der Waals surface area contributed by atoms with Crippen LogP contribution in [0.5, 0.6) is 5.75 Å². The van der Waals surface area contributed by atoms with Crippen LogP contribution in [0.2, 0.25) is 0 Å². The first-order valence-electron chi connectivity index (χ1n) is 7.39. The molecule has 5 heteroatoms. The Bertz CT molecular complexity index is 499. The first kappa shape index (κ1) is 15.4. The maximum absolute atomic E-state index is 12.5. The van der Waals surface area contributed by atoms with E-state index in [-0.39, 0.29) is 11.8 Å². The zero-order valence-electron chi connectivity index (χ0n) is 12.7. The molecule has 0 bridgehead atoms. The van der Waals surface area contributed by atoms with Crippen molar-refractivity contribution in [1.82, 2.24) is 9.80 Å². The van der Waals surface area contributed by atoms with Crippen molar-refractivity contribution in [3.05, 3.63) is 29.8 Å². The lowest BCUT2D eigenvalue weighted by atomic mass is 10.2. The summed E-state index contributed by atoms with van der Waals surface area (Å²) in [7, 11) is 0. The molecule has 2 amide bonds.